The molecule has 5 nitrogen and oxygen atoms in total. The van der Waals surface area contributed by atoms with E-state index in [2.05, 4.69) is 6.92 Å². The van der Waals surface area contributed by atoms with Gasteiger partial charge in [-0.3, -0.25) is 4.79 Å². The smallest absolute Gasteiger partial charge is 0.335 e. The highest BCUT2D eigenvalue weighted by Gasteiger charge is 2.14. The number of carboxylic acids is 1. The molecule has 0 heterocycles. The number of hydrogen-bond acceptors (Lipinski definition) is 3. The standard InChI is InChI=1S/C15H22N2O3/c1-3-4-5-6-7-14(18)17(2)13-9-8-11(15(19)20)10-12(13)16/h8-10H,3-7,16H2,1-2H3,(H,19,20). The number of unbranched alkanes of at least 4 members (excludes halogenated alkanes) is 3. The SMILES string of the molecule is CCCCCCC(=O)N(C)c1ccc(C(=O)O)cc1N. The Morgan fingerprint density at radius 2 is 1.95 bits per heavy atom. The lowest BCUT2D eigenvalue weighted by Crippen LogP contribution is -2.26. The Morgan fingerprint density at radius 1 is 1.25 bits per heavy atom. The number of amides is 1. The molecule has 0 atom stereocenters. The third kappa shape index (κ3) is 4.26. The van der Waals surface area contributed by atoms with Crippen molar-refractivity contribution in [2.45, 2.75) is 39.0 Å². The summed E-state index contributed by atoms with van der Waals surface area (Å²) < 4.78 is 0. The minimum Gasteiger partial charge on any atom is -0.478 e. The first kappa shape index (κ1) is 16.0. The third-order valence-electron chi connectivity index (χ3n) is 3.25. The van der Waals surface area contributed by atoms with Crippen LogP contribution in [0.5, 0.6) is 0 Å². The van der Waals surface area contributed by atoms with Crippen molar-refractivity contribution in [2.24, 2.45) is 0 Å². The lowest BCUT2D eigenvalue weighted by molar-refractivity contribution is -0.118. The number of nitrogens with zero attached hydrogens (tertiary/aromatic N) is 1. The number of nitrogen functional groups attached to an aromatic ring is 1. The van der Waals surface area contributed by atoms with E-state index in [0.29, 0.717) is 17.8 Å². The molecule has 0 aliphatic heterocycles. The molecule has 0 aliphatic rings. The van der Waals surface area contributed by atoms with E-state index in [9.17, 15) is 9.59 Å². The number of carbonyl (C=O) groups is 2. The number of carboxylic acid groups (broad SMARTS) is 1. The van der Waals surface area contributed by atoms with Gasteiger partial charge < -0.3 is 15.7 Å². The van der Waals surface area contributed by atoms with Crippen LogP contribution < -0.4 is 10.6 Å². The lowest BCUT2D eigenvalue weighted by atomic mass is 10.1. The van der Waals surface area contributed by atoms with E-state index in [1.807, 2.05) is 0 Å². The number of nitrogens with two attached hydrogens (primary N) is 1. The van der Waals surface area contributed by atoms with Crippen LogP contribution in [-0.2, 0) is 4.79 Å². The Kier molecular flexibility index (Phi) is 6.03. The first-order valence-corrected chi connectivity index (χ1v) is 6.86. The molecule has 0 bridgehead atoms. The largest absolute Gasteiger partial charge is 0.478 e. The van der Waals surface area contributed by atoms with E-state index in [4.69, 9.17) is 10.8 Å². The van der Waals surface area contributed by atoms with E-state index < -0.39 is 5.97 Å². The van der Waals surface area contributed by atoms with Gasteiger partial charge in [0, 0.05) is 13.5 Å². The van der Waals surface area contributed by atoms with Crippen molar-refractivity contribution in [3.63, 3.8) is 0 Å². The van der Waals surface area contributed by atoms with Gasteiger partial charge >= 0.3 is 5.97 Å². The van der Waals surface area contributed by atoms with Crippen LogP contribution in [0.1, 0.15) is 49.4 Å². The highest BCUT2D eigenvalue weighted by molar-refractivity contribution is 5.97. The molecule has 20 heavy (non-hydrogen) atoms. The number of anilines is 2. The summed E-state index contributed by atoms with van der Waals surface area (Å²) in [5.41, 5.74) is 6.79. The van der Waals surface area contributed by atoms with Crippen LogP contribution in [0.15, 0.2) is 18.2 Å². The normalized spacial score (nSPS) is 10.3. The summed E-state index contributed by atoms with van der Waals surface area (Å²) in [5, 5.41) is 8.88. The molecule has 1 amide bonds. The van der Waals surface area contributed by atoms with Crippen molar-refractivity contribution >= 4 is 23.3 Å². The van der Waals surface area contributed by atoms with Gasteiger partial charge in [-0.15, -0.1) is 0 Å². The molecule has 0 aromatic heterocycles. The van der Waals surface area contributed by atoms with Crippen molar-refractivity contribution < 1.29 is 14.7 Å². The molecule has 0 unspecified atom stereocenters. The summed E-state index contributed by atoms with van der Waals surface area (Å²) in [6, 6.07) is 4.40. The first-order valence-electron chi connectivity index (χ1n) is 6.86. The minimum atomic E-state index is -1.03. The van der Waals surface area contributed by atoms with Crippen LogP contribution in [-0.4, -0.2) is 24.0 Å². The predicted molar refractivity (Wildman–Crippen MR) is 80.0 cm³/mol. The molecule has 5 heteroatoms. The molecular weight excluding hydrogens is 256 g/mol. The fourth-order valence-electron chi connectivity index (χ4n) is 2.00. The fourth-order valence-corrected chi connectivity index (χ4v) is 2.00. The van der Waals surface area contributed by atoms with Crippen molar-refractivity contribution in [1.82, 2.24) is 0 Å². The van der Waals surface area contributed by atoms with Crippen LogP contribution in [0, 0.1) is 0 Å². The van der Waals surface area contributed by atoms with Crippen molar-refractivity contribution in [3.8, 4) is 0 Å². The molecule has 1 aromatic carbocycles. The average Bonchev–Trinajstić information content (AvgIpc) is 2.42. The molecule has 3 N–H and O–H groups in total. The van der Waals surface area contributed by atoms with Gasteiger partial charge in [0.15, 0.2) is 0 Å². The zero-order chi connectivity index (χ0) is 15.1. The van der Waals surface area contributed by atoms with Gasteiger partial charge in [0.2, 0.25) is 5.91 Å². The predicted octanol–water partition coefficient (Wildman–Crippen LogP) is 2.90. The maximum atomic E-state index is 12.0. The summed E-state index contributed by atoms with van der Waals surface area (Å²) in [6.07, 6.45) is 4.66. The van der Waals surface area contributed by atoms with E-state index in [1.165, 1.54) is 17.0 Å². The zero-order valence-corrected chi connectivity index (χ0v) is 12.1. The molecule has 0 fully saturated rings. The van der Waals surface area contributed by atoms with Gasteiger partial charge in [-0.2, -0.15) is 0 Å². The highest BCUT2D eigenvalue weighted by Crippen LogP contribution is 2.24. The molecule has 0 saturated heterocycles. The summed E-state index contributed by atoms with van der Waals surface area (Å²) in [6.45, 7) is 2.12. The molecule has 0 saturated carbocycles. The van der Waals surface area contributed by atoms with Gasteiger partial charge in [-0.1, -0.05) is 26.2 Å². The van der Waals surface area contributed by atoms with Crippen molar-refractivity contribution in [1.29, 1.82) is 0 Å². The lowest BCUT2D eigenvalue weighted by Gasteiger charge is -2.19. The topological polar surface area (TPSA) is 83.6 Å². The highest BCUT2D eigenvalue weighted by atomic mass is 16.4. The van der Waals surface area contributed by atoms with Crippen LogP contribution in [0.3, 0.4) is 0 Å². The second-order valence-corrected chi connectivity index (χ2v) is 4.84. The van der Waals surface area contributed by atoms with Crippen LogP contribution in [0.4, 0.5) is 11.4 Å². The monoisotopic (exact) mass is 278 g/mol. The van der Waals surface area contributed by atoms with Gasteiger partial charge in [-0.05, 0) is 24.6 Å². The summed E-state index contributed by atoms with van der Waals surface area (Å²) in [7, 11) is 1.66. The van der Waals surface area contributed by atoms with Crippen molar-refractivity contribution in [3.05, 3.63) is 23.8 Å². The maximum Gasteiger partial charge on any atom is 0.335 e. The number of aromatic carboxylic acids is 1. The van der Waals surface area contributed by atoms with Gasteiger partial charge in [0.1, 0.15) is 0 Å². The fraction of sp³-hybridized carbons (Fsp3) is 0.467. The molecule has 110 valence electrons. The van der Waals surface area contributed by atoms with E-state index in [0.717, 1.165) is 25.7 Å². The van der Waals surface area contributed by atoms with Crippen molar-refractivity contribution in [2.75, 3.05) is 17.7 Å². The van der Waals surface area contributed by atoms with E-state index >= 15 is 0 Å². The molecule has 0 aliphatic carbocycles. The summed E-state index contributed by atoms with van der Waals surface area (Å²) in [5.74, 6) is -1.03. The Morgan fingerprint density at radius 3 is 2.50 bits per heavy atom. The number of carbonyl (C=O) groups excluding carboxylic acids is 1. The second-order valence-electron chi connectivity index (χ2n) is 4.84. The minimum absolute atomic E-state index is 0.00382. The van der Waals surface area contributed by atoms with E-state index in [-0.39, 0.29) is 11.5 Å². The van der Waals surface area contributed by atoms with Gasteiger partial charge in [0.05, 0.1) is 16.9 Å². The zero-order valence-electron chi connectivity index (χ0n) is 12.1. The quantitative estimate of drug-likeness (QED) is 0.593. The molecule has 0 spiro atoms. The van der Waals surface area contributed by atoms with Gasteiger partial charge in [0.25, 0.3) is 0 Å². The summed E-state index contributed by atoms with van der Waals surface area (Å²) in [4.78, 5) is 24.4. The Balaban J connectivity index is 2.69. The Bertz CT molecular complexity index is 486. The average molecular weight is 278 g/mol. The van der Waals surface area contributed by atoms with Crippen LogP contribution >= 0.6 is 0 Å². The van der Waals surface area contributed by atoms with Crippen LogP contribution in [0.2, 0.25) is 0 Å². The second kappa shape index (κ2) is 7.53. The number of rotatable bonds is 7. The molecular formula is C15H22N2O3. The Hall–Kier alpha value is -2.04. The third-order valence-corrected chi connectivity index (χ3v) is 3.25. The summed E-state index contributed by atoms with van der Waals surface area (Å²) >= 11 is 0. The van der Waals surface area contributed by atoms with Gasteiger partial charge in [-0.25, -0.2) is 4.79 Å². The number of benzene rings is 1. The molecule has 0 radical (unpaired) electrons. The van der Waals surface area contributed by atoms with E-state index in [1.54, 1.807) is 13.1 Å². The number of hydrogen-bond donors (Lipinski definition) is 2. The van der Waals surface area contributed by atoms with Crippen LogP contribution in [0.25, 0.3) is 0 Å². The molecule has 1 aromatic rings. The maximum absolute atomic E-state index is 12.0. The first-order chi connectivity index (χ1) is 9.47. The molecule has 1 rings (SSSR count). The Labute approximate surface area is 119 Å².